The third kappa shape index (κ3) is 3.92. The van der Waals surface area contributed by atoms with E-state index in [1.54, 1.807) is 7.11 Å². The molecule has 15 heavy (non-hydrogen) atoms. The first kappa shape index (κ1) is 12.7. The van der Waals surface area contributed by atoms with Gasteiger partial charge in [0.1, 0.15) is 5.78 Å². The van der Waals surface area contributed by atoms with Gasteiger partial charge in [-0.15, -0.1) is 0 Å². The lowest BCUT2D eigenvalue weighted by Gasteiger charge is -2.22. The Morgan fingerprint density at radius 2 is 2.20 bits per heavy atom. The predicted octanol–water partition coefficient (Wildman–Crippen LogP) is 2.19. The van der Waals surface area contributed by atoms with E-state index < -0.39 is 0 Å². The Bertz CT molecular complexity index is 223. The van der Waals surface area contributed by atoms with Crippen LogP contribution in [0.15, 0.2) is 0 Å². The molecule has 1 rings (SSSR count). The molecule has 0 aromatic carbocycles. The number of Topliss-reactive ketones (excluding diaryl/α,β-unsaturated/α-hetero) is 1. The Morgan fingerprint density at radius 1 is 1.53 bits per heavy atom. The van der Waals surface area contributed by atoms with Gasteiger partial charge in [-0.1, -0.05) is 0 Å². The van der Waals surface area contributed by atoms with Crippen molar-refractivity contribution in [2.45, 2.75) is 51.7 Å². The van der Waals surface area contributed by atoms with Crippen LogP contribution in [0.25, 0.3) is 0 Å². The van der Waals surface area contributed by atoms with E-state index in [1.165, 1.54) is 0 Å². The summed E-state index contributed by atoms with van der Waals surface area (Å²) in [6, 6.07) is 0. The van der Waals surface area contributed by atoms with Crippen LogP contribution in [0.2, 0.25) is 0 Å². The molecule has 2 atom stereocenters. The van der Waals surface area contributed by atoms with E-state index in [2.05, 4.69) is 0 Å². The van der Waals surface area contributed by atoms with Gasteiger partial charge in [-0.05, 0) is 33.6 Å². The van der Waals surface area contributed by atoms with Gasteiger partial charge in [-0.2, -0.15) is 0 Å². The Labute approximate surface area is 92.1 Å². The molecule has 0 N–H and O–H groups in total. The Hall–Kier alpha value is -0.410. The van der Waals surface area contributed by atoms with Crippen molar-refractivity contribution in [1.29, 1.82) is 0 Å². The van der Waals surface area contributed by atoms with Crippen LogP contribution >= 0.6 is 0 Å². The highest BCUT2D eigenvalue weighted by Gasteiger charge is 2.29. The number of methoxy groups -OCH3 is 1. The lowest BCUT2D eigenvalue weighted by atomic mass is 9.93. The largest absolute Gasteiger partial charge is 0.379 e. The molecule has 1 saturated heterocycles. The second-order valence-electron chi connectivity index (χ2n) is 5.01. The monoisotopic (exact) mass is 214 g/mol. The van der Waals surface area contributed by atoms with Crippen molar-refractivity contribution < 1.29 is 14.3 Å². The second-order valence-corrected chi connectivity index (χ2v) is 5.01. The molecule has 0 radical (unpaired) electrons. The number of carbonyl (C=O) groups is 1. The molecule has 3 heteroatoms. The van der Waals surface area contributed by atoms with Crippen LogP contribution in [0.4, 0.5) is 0 Å². The fourth-order valence-corrected chi connectivity index (χ4v) is 1.77. The summed E-state index contributed by atoms with van der Waals surface area (Å²) in [5, 5.41) is 0. The molecule has 1 heterocycles. The number of ether oxygens (including phenoxy) is 2. The zero-order chi connectivity index (χ0) is 11.5. The van der Waals surface area contributed by atoms with E-state index in [-0.39, 0.29) is 17.6 Å². The summed E-state index contributed by atoms with van der Waals surface area (Å²) in [6.45, 7) is 6.64. The molecule has 0 spiro atoms. The van der Waals surface area contributed by atoms with Crippen molar-refractivity contribution in [3.63, 3.8) is 0 Å². The quantitative estimate of drug-likeness (QED) is 0.703. The minimum Gasteiger partial charge on any atom is -0.379 e. The molecule has 2 unspecified atom stereocenters. The van der Waals surface area contributed by atoms with Crippen molar-refractivity contribution in [2.24, 2.45) is 5.92 Å². The smallest absolute Gasteiger partial charge is 0.138 e. The highest BCUT2D eigenvalue weighted by atomic mass is 16.5. The number of ketones is 1. The molecule has 0 aliphatic carbocycles. The highest BCUT2D eigenvalue weighted by molar-refractivity contribution is 5.81. The fraction of sp³-hybridized carbons (Fsp3) is 0.917. The van der Waals surface area contributed by atoms with Gasteiger partial charge in [-0.3, -0.25) is 4.79 Å². The maximum absolute atomic E-state index is 11.8. The summed E-state index contributed by atoms with van der Waals surface area (Å²) < 4.78 is 10.7. The molecule has 88 valence electrons. The Kier molecular flexibility index (Phi) is 4.29. The molecule has 1 aliphatic rings. The van der Waals surface area contributed by atoms with E-state index in [4.69, 9.17) is 9.47 Å². The third-order valence-electron chi connectivity index (χ3n) is 3.18. The molecule has 3 nitrogen and oxygen atoms in total. The first-order valence-corrected chi connectivity index (χ1v) is 5.64. The minimum atomic E-state index is -0.194. The number of hydrogen-bond donors (Lipinski definition) is 0. The van der Waals surface area contributed by atoms with Gasteiger partial charge in [0.15, 0.2) is 0 Å². The number of rotatable bonds is 5. The average molecular weight is 214 g/mol. The van der Waals surface area contributed by atoms with Gasteiger partial charge in [-0.25, -0.2) is 0 Å². The fourth-order valence-electron chi connectivity index (χ4n) is 1.77. The Morgan fingerprint density at radius 3 is 2.67 bits per heavy atom. The zero-order valence-electron chi connectivity index (χ0n) is 10.2. The molecule has 1 fully saturated rings. The van der Waals surface area contributed by atoms with Crippen molar-refractivity contribution in [2.75, 3.05) is 13.7 Å². The van der Waals surface area contributed by atoms with Crippen LogP contribution in [-0.4, -0.2) is 31.2 Å². The minimum absolute atomic E-state index is 0.118. The molecule has 0 aromatic heterocycles. The molecule has 0 amide bonds. The number of hydrogen-bond acceptors (Lipinski definition) is 3. The van der Waals surface area contributed by atoms with E-state index >= 15 is 0 Å². The summed E-state index contributed by atoms with van der Waals surface area (Å²) >= 11 is 0. The van der Waals surface area contributed by atoms with Crippen LogP contribution in [0.5, 0.6) is 0 Å². The second kappa shape index (κ2) is 5.08. The zero-order valence-corrected chi connectivity index (χ0v) is 10.2. The third-order valence-corrected chi connectivity index (χ3v) is 3.18. The molecule has 0 saturated carbocycles. The van der Waals surface area contributed by atoms with Crippen LogP contribution < -0.4 is 0 Å². The van der Waals surface area contributed by atoms with Crippen LogP contribution in [0.3, 0.4) is 0 Å². The normalized spacial score (nSPS) is 26.9. The van der Waals surface area contributed by atoms with Gasteiger partial charge in [0.05, 0.1) is 18.3 Å². The van der Waals surface area contributed by atoms with Gasteiger partial charge < -0.3 is 9.47 Å². The molecule has 0 bridgehead atoms. The van der Waals surface area contributed by atoms with Gasteiger partial charge in [0.2, 0.25) is 0 Å². The lowest BCUT2D eigenvalue weighted by molar-refractivity contribution is -0.124. The van der Waals surface area contributed by atoms with E-state index in [1.807, 2.05) is 20.8 Å². The summed E-state index contributed by atoms with van der Waals surface area (Å²) in [5.41, 5.74) is -0.194. The van der Waals surface area contributed by atoms with Crippen molar-refractivity contribution in [3.05, 3.63) is 0 Å². The first-order valence-electron chi connectivity index (χ1n) is 5.64. The van der Waals surface area contributed by atoms with Gasteiger partial charge in [0.25, 0.3) is 0 Å². The maximum Gasteiger partial charge on any atom is 0.138 e. The van der Waals surface area contributed by atoms with Crippen LogP contribution in [0, 0.1) is 5.92 Å². The summed E-state index contributed by atoms with van der Waals surface area (Å²) in [4.78, 5) is 11.8. The van der Waals surface area contributed by atoms with E-state index in [0.717, 1.165) is 12.8 Å². The summed E-state index contributed by atoms with van der Waals surface area (Å²) in [7, 11) is 1.69. The van der Waals surface area contributed by atoms with Gasteiger partial charge >= 0.3 is 0 Å². The van der Waals surface area contributed by atoms with Crippen molar-refractivity contribution >= 4 is 5.78 Å². The van der Waals surface area contributed by atoms with Crippen LogP contribution in [-0.2, 0) is 14.3 Å². The SMILES string of the molecule is COC(C)(C)CCC(=O)C1COC(C)C1. The predicted molar refractivity (Wildman–Crippen MR) is 58.9 cm³/mol. The van der Waals surface area contributed by atoms with E-state index in [0.29, 0.717) is 18.8 Å². The van der Waals surface area contributed by atoms with Crippen molar-refractivity contribution in [1.82, 2.24) is 0 Å². The Balaban J connectivity index is 2.30. The molecular weight excluding hydrogens is 192 g/mol. The highest BCUT2D eigenvalue weighted by Crippen LogP contribution is 2.24. The summed E-state index contributed by atoms with van der Waals surface area (Å²) in [6.07, 6.45) is 2.51. The number of carbonyl (C=O) groups excluding carboxylic acids is 1. The molecule has 0 aromatic rings. The van der Waals surface area contributed by atoms with E-state index in [9.17, 15) is 4.79 Å². The van der Waals surface area contributed by atoms with Crippen molar-refractivity contribution in [3.8, 4) is 0 Å². The first-order chi connectivity index (χ1) is 6.94. The maximum atomic E-state index is 11.8. The standard InChI is InChI=1S/C12H22O3/c1-9-7-10(8-15-9)11(13)5-6-12(2,3)14-4/h9-10H,5-8H2,1-4H3. The van der Waals surface area contributed by atoms with Gasteiger partial charge in [0, 0.05) is 19.4 Å². The molecule has 1 aliphatic heterocycles. The van der Waals surface area contributed by atoms with Crippen LogP contribution in [0.1, 0.15) is 40.0 Å². The summed E-state index contributed by atoms with van der Waals surface area (Å²) in [5.74, 6) is 0.442. The average Bonchev–Trinajstić information content (AvgIpc) is 2.61. The molecular formula is C12H22O3. The lowest BCUT2D eigenvalue weighted by Crippen LogP contribution is -2.25. The topological polar surface area (TPSA) is 35.5 Å².